The molecule has 1 fully saturated rings. The quantitative estimate of drug-likeness (QED) is 0.792. The molecule has 1 aromatic rings. The van der Waals surface area contributed by atoms with Crippen molar-refractivity contribution in [1.29, 1.82) is 0 Å². The molecule has 2 aliphatic rings. The topological polar surface area (TPSA) is 42.1 Å². The Morgan fingerprint density at radius 2 is 2.07 bits per heavy atom. The molecule has 4 heteroatoms. The first-order chi connectivity index (χ1) is 7.34. The number of hydrogen-bond acceptors (Lipinski definition) is 4. The maximum atomic E-state index is 6.08. The fourth-order valence-electron chi connectivity index (χ4n) is 2.48. The summed E-state index contributed by atoms with van der Waals surface area (Å²) in [6.07, 6.45) is 6.16. The number of aromatic nitrogens is 1. The second kappa shape index (κ2) is 3.76. The first-order valence-corrected chi connectivity index (χ1v) is 6.66. The molecular formula is C11H17N3S. The van der Waals surface area contributed by atoms with E-state index < -0.39 is 0 Å². The van der Waals surface area contributed by atoms with Crippen LogP contribution in [0.15, 0.2) is 0 Å². The lowest BCUT2D eigenvalue weighted by molar-refractivity contribution is 0.563. The molecule has 2 N–H and O–H groups in total. The molecule has 1 aliphatic carbocycles. The van der Waals surface area contributed by atoms with Gasteiger partial charge in [-0.05, 0) is 32.1 Å². The molecule has 1 saturated heterocycles. The smallest absolute Gasteiger partial charge is 0.185 e. The van der Waals surface area contributed by atoms with E-state index in [0.29, 0.717) is 0 Å². The summed E-state index contributed by atoms with van der Waals surface area (Å²) in [4.78, 5) is 8.59. The Kier molecular flexibility index (Phi) is 2.41. The van der Waals surface area contributed by atoms with Gasteiger partial charge in [-0.3, -0.25) is 0 Å². The highest BCUT2D eigenvalue weighted by molar-refractivity contribution is 7.15. The molecule has 0 aromatic carbocycles. The number of nitrogens with two attached hydrogens (primary N) is 1. The van der Waals surface area contributed by atoms with Crippen LogP contribution in [-0.2, 0) is 6.42 Å². The summed E-state index contributed by atoms with van der Waals surface area (Å²) in [5.74, 6) is 0. The number of aryl methyl sites for hydroxylation is 1. The lowest BCUT2D eigenvalue weighted by Gasteiger charge is -2.15. The number of fused-ring (bicyclic) bond motifs is 1. The number of anilines is 1. The highest BCUT2D eigenvalue weighted by Crippen LogP contribution is 2.36. The molecule has 15 heavy (non-hydrogen) atoms. The molecule has 82 valence electrons. The van der Waals surface area contributed by atoms with Crippen LogP contribution >= 0.6 is 11.3 Å². The van der Waals surface area contributed by atoms with Gasteiger partial charge in [-0.25, -0.2) is 4.98 Å². The minimum atomic E-state index is 0.196. The lowest BCUT2D eigenvalue weighted by atomic mass is 9.99. The van der Waals surface area contributed by atoms with E-state index in [2.05, 4.69) is 4.90 Å². The highest BCUT2D eigenvalue weighted by atomic mass is 32.1. The third-order valence-corrected chi connectivity index (χ3v) is 4.55. The van der Waals surface area contributed by atoms with Crippen molar-refractivity contribution in [3.8, 4) is 0 Å². The standard InChI is InChI=1S/C11H17N3S/c12-8-4-3-5-9-10(8)13-11(15-9)14-6-1-2-7-14/h8H,1-7,12H2. The van der Waals surface area contributed by atoms with Gasteiger partial charge in [0.25, 0.3) is 0 Å². The third kappa shape index (κ3) is 1.66. The van der Waals surface area contributed by atoms with Gasteiger partial charge in [-0.1, -0.05) is 0 Å². The Balaban J connectivity index is 1.90. The van der Waals surface area contributed by atoms with E-state index in [1.807, 2.05) is 11.3 Å². The maximum Gasteiger partial charge on any atom is 0.185 e. The van der Waals surface area contributed by atoms with Crippen LogP contribution in [0, 0.1) is 0 Å². The second-order valence-corrected chi connectivity index (χ2v) is 5.56. The zero-order valence-electron chi connectivity index (χ0n) is 8.91. The summed E-state index contributed by atoms with van der Waals surface area (Å²) >= 11 is 1.87. The summed E-state index contributed by atoms with van der Waals surface area (Å²) in [6.45, 7) is 2.36. The molecule has 0 amide bonds. The molecule has 0 spiro atoms. The first kappa shape index (κ1) is 9.60. The summed E-state index contributed by atoms with van der Waals surface area (Å²) in [5, 5.41) is 1.22. The average molecular weight is 223 g/mol. The van der Waals surface area contributed by atoms with Crippen molar-refractivity contribution < 1.29 is 0 Å². The fraction of sp³-hybridized carbons (Fsp3) is 0.727. The monoisotopic (exact) mass is 223 g/mol. The van der Waals surface area contributed by atoms with Gasteiger partial charge in [0.15, 0.2) is 5.13 Å². The van der Waals surface area contributed by atoms with Crippen molar-refractivity contribution in [1.82, 2.24) is 4.98 Å². The van der Waals surface area contributed by atoms with Gasteiger partial charge in [0.05, 0.1) is 5.69 Å². The van der Waals surface area contributed by atoms with Gasteiger partial charge in [0.2, 0.25) is 0 Å². The van der Waals surface area contributed by atoms with Crippen molar-refractivity contribution in [3.05, 3.63) is 10.6 Å². The van der Waals surface area contributed by atoms with E-state index in [-0.39, 0.29) is 6.04 Å². The van der Waals surface area contributed by atoms with E-state index in [1.165, 1.54) is 54.5 Å². The Labute approximate surface area is 94.3 Å². The van der Waals surface area contributed by atoms with Crippen LogP contribution < -0.4 is 10.6 Å². The van der Waals surface area contributed by atoms with Crippen molar-refractivity contribution in [2.45, 2.75) is 38.1 Å². The van der Waals surface area contributed by atoms with Gasteiger partial charge >= 0.3 is 0 Å². The van der Waals surface area contributed by atoms with Gasteiger partial charge < -0.3 is 10.6 Å². The Morgan fingerprint density at radius 3 is 2.80 bits per heavy atom. The van der Waals surface area contributed by atoms with Crippen LogP contribution in [0.3, 0.4) is 0 Å². The molecule has 0 radical (unpaired) electrons. The molecule has 2 heterocycles. The molecule has 1 unspecified atom stereocenters. The SMILES string of the molecule is NC1CCCc2sc(N3CCCC3)nc21. The van der Waals surface area contributed by atoms with Crippen LogP contribution in [-0.4, -0.2) is 18.1 Å². The molecular weight excluding hydrogens is 206 g/mol. The molecule has 1 atom stereocenters. The maximum absolute atomic E-state index is 6.08. The molecule has 1 aliphatic heterocycles. The molecule has 3 rings (SSSR count). The molecule has 3 nitrogen and oxygen atoms in total. The Hall–Kier alpha value is -0.610. The zero-order valence-corrected chi connectivity index (χ0v) is 9.72. The van der Waals surface area contributed by atoms with Gasteiger partial charge in [-0.2, -0.15) is 0 Å². The van der Waals surface area contributed by atoms with Crippen LogP contribution in [0.5, 0.6) is 0 Å². The van der Waals surface area contributed by atoms with E-state index in [4.69, 9.17) is 10.7 Å². The second-order valence-electron chi connectivity index (χ2n) is 4.50. The number of rotatable bonds is 1. The number of hydrogen-bond donors (Lipinski definition) is 1. The summed E-state index contributed by atoms with van der Waals surface area (Å²) < 4.78 is 0. The summed E-state index contributed by atoms with van der Waals surface area (Å²) in [7, 11) is 0. The average Bonchev–Trinajstić information content (AvgIpc) is 2.86. The predicted molar refractivity (Wildman–Crippen MR) is 63.4 cm³/mol. The van der Waals surface area contributed by atoms with Crippen molar-refractivity contribution in [3.63, 3.8) is 0 Å². The van der Waals surface area contributed by atoms with E-state index in [0.717, 1.165) is 6.42 Å². The lowest BCUT2D eigenvalue weighted by Crippen LogP contribution is -2.19. The summed E-state index contributed by atoms with van der Waals surface area (Å²) in [6, 6.07) is 0.196. The highest BCUT2D eigenvalue weighted by Gasteiger charge is 2.24. The zero-order chi connectivity index (χ0) is 10.3. The van der Waals surface area contributed by atoms with Crippen molar-refractivity contribution in [2.75, 3.05) is 18.0 Å². The minimum absolute atomic E-state index is 0.196. The van der Waals surface area contributed by atoms with Crippen LogP contribution in [0.2, 0.25) is 0 Å². The predicted octanol–water partition coefficient (Wildman–Crippen LogP) is 2.08. The molecule has 0 saturated carbocycles. The largest absolute Gasteiger partial charge is 0.348 e. The normalized spacial score (nSPS) is 25.7. The van der Waals surface area contributed by atoms with Crippen LogP contribution in [0.25, 0.3) is 0 Å². The molecule has 1 aromatic heterocycles. The van der Waals surface area contributed by atoms with Gasteiger partial charge in [0.1, 0.15) is 0 Å². The van der Waals surface area contributed by atoms with E-state index >= 15 is 0 Å². The molecule has 0 bridgehead atoms. The van der Waals surface area contributed by atoms with E-state index in [9.17, 15) is 0 Å². The Bertz CT molecular complexity index is 355. The van der Waals surface area contributed by atoms with Gasteiger partial charge in [0, 0.05) is 24.0 Å². The Morgan fingerprint density at radius 1 is 1.27 bits per heavy atom. The van der Waals surface area contributed by atoms with Gasteiger partial charge in [-0.15, -0.1) is 11.3 Å². The minimum Gasteiger partial charge on any atom is -0.348 e. The van der Waals surface area contributed by atoms with Crippen molar-refractivity contribution in [2.24, 2.45) is 5.73 Å². The third-order valence-electron chi connectivity index (χ3n) is 3.36. The van der Waals surface area contributed by atoms with E-state index in [1.54, 1.807) is 0 Å². The van der Waals surface area contributed by atoms with Crippen LogP contribution in [0.1, 0.15) is 42.3 Å². The van der Waals surface area contributed by atoms with Crippen LogP contribution in [0.4, 0.5) is 5.13 Å². The summed E-state index contributed by atoms with van der Waals surface area (Å²) in [5.41, 5.74) is 7.27. The number of nitrogens with zero attached hydrogens (tertiary/aromatic N) is 2. The fourth-order valence-corrected chi connectivity index (χ4v) is 3.71. The number of thiazole rings is 1. The first-order valence-electron chi connectivity index (χ1n) is 5.85. The van der Waals surface area contributed by atoms with Crippen molar-refractivity contribution >= 4 is 16.5 Å².